The van der Waals surface area contributed by atoms with Gasteiger partial charge >= 0.3 is 0 Å². The Labute approximate surface area is 139 Å². The molecule has 1 aromatic rings. The van der Waals surface area contributed by atoms with Crippen molar-refractivity contribution in [2.45, 2.75) is 39.4 Å². The number of rotatable bonds is 3. The van der Waals surface area contributed by atoms with Gasteiger partial charge in [0, 0.05) is 18.8 Å². The summed E-state index contributed by atoms with van der Waals surface area (Å²) in [5.41, 5.74) is 2.16. The molecule has 1 aromatic carbocycles. The number of nitriles is 1. The maximum Gasteiger partial charge on any atom is 0.213 e. The van der Waals surface area contributed by atoms with Crippen LogP contribution in [0.25, 0.3) is 0 Å². The van der Waals surface area contributed by atoms with E-state index in [9.17, 15) is 8.42 Å². The number of anilines is 1. The standard InChI is InChI=1S/C17H25N3O2S/c1-17(2,3)15-5-4-8-20(11-15)16-7-6-13(10-18)9-14(16)12-23(19,21)22/h6-7,9,15H,4-5,8,11-12H2,1-3H3,(H2,19,21,22)/t15-/m0/s1. The van der Waals surface area contributed by atoms with Crippen molar-refractivity contribution in [1.82, 2.24) is 0 Å². The Balaban J connectivity index is 2.36. The van der Waals surface area contributed by atoms with Crippen LogP contribution in [-0.4, -0.2) is 21.5 Å². The third kappa shape index (κ3) is 4.69. The Morgan fingerprint density at radius 2 is 2.09 bits per heavy atom. The topological polar surface area (TPSA) is 87.2 Å². The van der Waals surface area contributed by atoms with E-state index >= 15 is 0 Å². The fourth-order valence-electron chi connectivity index (χ4n) is 3.20. The molecule has 0 aromatic heterocycles. The number of piperidine rings is 1. The van der Waals surface area contributed by atoms with Gasteiger partial charge in [0.25, 0.3) is 0 Å². The van der Waals surface area contributed by atoms with Crippen LogP contribution in [0.5, 0.6) is 0 Å². The number of primary sulfonamides is 1. The van der Waals surface area contributed by atoms with E-state index in [4.69, 9.17) is 10.4 Å². The first-order valence-corrected chi connectivity index (χ1v) is 9.60. The molecule has 23 heavy (non-hydrogen) atoms. The van der Waals surface area contributed by atoms with E-state index in [1.165, 1.54) is 6.42 Å². The second kappa shape index (κ2) is 6.50. The van der Waals surface area contributed by atoms with Crippen LogP contribution in [0, 0.1) is 22.7 Å². The maximum atomic E-state index is 11.5. The Bertz CT molecular complexity index is 714. The zero-order chi connectivity index (χ0) is 17.3. The van der Waals surface area contributed by atoms with Crippen molar-refractivity contribution in [3.63, 3.8) is 0 Å². The van der Waals surface area contributed by atoms with Crippen molar-refractivity contribution in [1.29, 1.82) is 5.26 Å². The van der Waals surface area contributed by atoms with Crippen LogP contribution in [0.2, 0.25) is 0 Å². The molecule has 0 amide bonds. The first kappa shape index (κ1) is 17.8. The fraction of sp³-hybridized carbons (Fsp3) is 0.588. The van der Waals surface area contributed by atoms with Crippen molar-refractivity contribution in [3.8, 4) is 6.07 Å². The molecule has 1 aliphatic heterocycles. The summed E-state index contributed by atoms with van der Waals surface area (Å²) in [6, 6.07) is 7.29. The minimum absolute atomic E-state index is 0.214. The Kier molecular flexibility index (Phi) is 5.02. The number of hydrogen-bond acceptors (Lipinski definition) is 4. The van der Waals surface area contributed by atoms with Crippen molar-refractivity contribution in [2.75, 3.05) is 18.0 Å². The number of sulfonamides is 1. The average Bonchev–Trinajstić information content (AvgIpc) is 2.44. The monoisotopic (exact) mass is 335 g/mol. The molecule has 1 aliphatic rings. The summed E-state index contributed by atoms with van der Waals surface area (Å²) in [6.07, 6.45) is 2.26. The zero-order valence-electron chi connectivity index (χ0n) is 14.0. The van der Waals surface area contributed by atoms with E-state index in [0.29, 0.717) is 17.0 Å². The molecule has 1 heterocycles. The van der Waals surface area contributed by atoms with Crippen LogP contribution in [0.4, 0.5) is 5.69 Å². The molecule has 2 rings (SSSR count). The second-order valence-electron chi connectivity index (χ2n) is 7.41. The summed E-state index contributed by atoms with van der Waals surface area (Å²) < 4.78 is 23.1. The number of nitrogens with zero attached hydrogens (tertiary/aromatic N) is 2. The summed E-state index contributed by atoms with van der Waals surface area (Å²) in [7, 11) is -3.64. The molecule has 6 heteroatoms. The quantitative estimate of drug-likeness (QED) is 0.920. The highest BCUT2D eigenvalue weighted by Gasteiger charge is 2.30. The molecule has 0 saturated carbocycles. The van der Waals surface area contributed by atoms with Crippen LogP contribution in [0.1, 0.15) is 44.7 Å². The predicted octanol–water partition coefficient (Wildman–Crippen LogP) is 2.61. The van der Waals surface area contributed by atoms with Gasteiger partial charge in [-0.3, -0.25) is 0 Å². The highest BCUT2D eigenvalue weighted by atomic mass is 32.2. The Hall–Kier alpha value is -1.58. The van der Waals surface area contributed by atoms with Crippen molar-refractivity contribution < 1.29 is 8.42 Å². The molecule has 5 nitrogen and oxygen atoms in total. The van der Waals surface area contributed by atoms with E-state index in [0.717, 1.165) is 25.2 Å². The van der Waals surface area contributed by atoms with Crippen molar-refractivity contribution >= 4 is 15.7 Å². The van der Waals surface area contributed by atoms with E-state index in [2.05, 4.69) is 31.7 Å². The SMILES string of the molecule is CC(C)(C)[C@H]1CCCN(c2ccc(C#N)cc2CS(N)(=O)=O)C1. The summed E-state index contributed by atoms with van der Waals surface area (Å²) in [5, 5.41) is 14.3. The molecule has 0 spiro atoms. The van der Waals surface area contributed by atoms with Gasteiger partial charge in [-0.2, -0.15) is 5.26 Å². The first-order valence-electron chi connectivity index (χ1n) is 7.88. The van der Waals surface area contributed by atoms with E-state index in [1.807, 2.05) is 6.07 Å². The number of nitrogens with two attached hydrogens (primary N) is 1. The molecule has 0 aliphatic carbocycles. The minimum atomic E-state index is -3.64. The number of benzene rings is 1. The van der Waals surface area contributed by atoms with Gasteiger partial charge in [-0.25, -0.2) is 13.6 Å². The molecule has 126 valence electrons. The fourth-order valence-corrected chi connectivity index (χ4v) is 3.86. The zero-order valence-corrected chi connectivity index (χ0v) is 14.9. The summed E-state index contributed by atoms with van der Waals surface area (Å²) in [6.45, 7) is 8.52. The lowest BCUT2D eigenvalue weighted by atomic mass is 9.76. The smallest absolute Gasteiger partial charge is 0.213 e. The van der Waals surface area contributed by atoms with Crippen LogP contribution in [-0.2, 0) is 15.8 Å². The van der Waals surface area contributed by atoms with Gasteiger partial charge in [-0.15, -0.1) is 0 Å². The number of hydrogen-bond donors (Lipinski definition) is 1. The maximum absolute atomic E-state index is 11.5. The van der Waals surface area contributed by atoms with Crippen molar-refractivity contribution in [3.05, 3.63) is 29.3 Å². The molecule has 1 fully saturated rings. The van der Waals surface area contributed by atoms with Gasteiger partial charge in [-0.05, 0) is 47.9 Å². The predicted molar refractivity (Wildman–Crippen MR) is 92.4 cm³/mol. The second-order valence-corrected chi connectivity index (χ2v) is 9.03. The van der Waals surface area contributed by atoms with Crippen LogP contribution in [0.3, 0.4) is 0 Å². The van der Waals surface area contributed by atoms with Crippen LogP contribution in [0.15, 0.2) is 18.2 Å². The molecule has 2 N–H and O–H groups in total. The molecule has 1 saturated heterocycles. The van der Waals surface area contributed by atoms with E-state index < -0.39 is 10.0 Å². The van der Waals surface area contributed by atoms with E-state index in [-0.39, 0.29) is 11.2 Å². The van der Waals surface area contributed by atoms with Gasteiger partial charge in [-0.1, -0.05) is 20.8 Å². The molecule has 0 bridgehead atoms. The minimum Gasteiger partial charge on any atom is -0.371 e. The molecule has 0 radical (unpaired) electrons. The Morgan fingerprint density at radius 1 is 1.39 bits per heavy atom. The Morgan fingerprint density at radius 3 is 2.65 bits per heavy atom. The van der Waals surface area contributed by atoms with Gasteiger partial charge in [0.1, 0.15) is 0 Å². The highest BCUT2D eigenvalue weighted by Crippen LogP contribution is 2.36. The normalized spacial score (nSPS) is 19.4. The first-order chi connectivity index (χ1) is 10.6. The average molecular weight is 335 g/mol. The lowest BCUT2D eigenvalue weighted by Crippen LogP contribution is -2.41. The molecule has 1 atom stereocenters. The van der Waals surface area contributed by atoms with Crippen LogP contribution >= 0.6 is 0 Å². The van der Waals surface area contributed by atoms with Crippen molar-refractivity contribution in [2.24, 2.45) is 16.5 Å². The largest absolute Gasteiger partial charge is 0.371 e. The summed E-state index contributed by atoms with van der Waals surface area (Å²) in [5.74, 6) is 0.309. The summed E-state index contributed by atoms with van der Waals surface area (Å²) in [4.78, 5) is 2.24. The lowest BCUT2D eigenvalue weighted by molar-refractivity contribution is 0.208. The third-order valence-corrected chi connectivity index (χ3v) is 5.27. The molecule has 0 unspecified atom stereocenters. The summed E-state index contributed by atoms with van der Waals surface area (Å²) >= 11 is 0. The lowest BCUT2D eigenvalue weighted by Gasteiger charge is -2.41. The van der Waals surface area contributed by atoms with Gasteiger partial charge < -0.3 is 4.90 Å². The van der Waals surface area contributed by atoms with Gasteiger partial charge in [0.2, 0.25) is 10.0 Å². The highest BCUT2D eigenvalue weighted by molar-refractivity contribution is 7.88. The van der Waals surface area contributed by atoms with Crippen LogP contribution < -0.4 is 10.0 Å². The van der Waals surface area contributed by atoms with Gasteiger partial charge in [0.05, 0.1) is 17.4 Å². The molecular formula is C17H25N3O2S. The van der Waals surface area contributed by atoms with Gasteiger partial charge in [0.15, 0.2) is 0 Å². The van der Waals surface area contributed by atoms with E-state index in [1.54, 1.807) is 12.1 Å². The third-order valence-electron chi connectivity index (χ3n) is 4.55. The molecular weight excluding hydrogens is 310 g/mol.